The van der Waals surface area contributed by atoms with Gasteiger partial charge in [-0.3, -0.25) is 4.90 Å². The molecule has 0 aromatic heterocycles. The summed E-state index contributed by atoms with van der Waals surface area (Å²) in [4.78, 5) is 2.40. The molecule has 0 unspecified atom stereocenters. The molecule has 1 saturated heterocycles. The van der Waals surface area contributed by atoms with E-state index in [0.29, 0.717) is 10.5 Å². The van der Waals surface area contributed by atoms with Gasteiger partial charge in [0, 0.05) is 12.6 Å². The van der Waals surface area contributed by atoms with E-state index in [0.717, 1.165) is 18.7 Å². The highest BCUT2D eigenvalue weighted by atomic mass is 79.9. The second-order valence-corrected chi connectivity index (χ2v) is 4.97. The SMILES string of the molecule is C[C@@H]1CCCN1Cc1cccc(F)c1Br. The van der Waals surface area contributed by atoms with Gasteiger partial charge in [0.15, 0.2) is 0 Å². The number of hydrogen-bond acceptors (Lipinski definition) is 1. The van der Waals surface area contributed by atoms with Crippen LogP contribution in [0.1, 0.15) is 25.3 Å². The van der Waals surface area contributed by atoms with Gasteiger partial charge in [-0.2, -0.15) is 0 Å². The Labute approximate surface area is 98.4 Å². The summed E-state index contributed by atoms with van der Waals surface area (Å²) in [6, 6.07) is 5.87. The predicted octanol–water partition coefficient (Wildman–Crippen LogP) is 3.57. The van der Waals surface area contributed by atoms with Crippen molar-refractivity contribution in [3.05, 3.63) is 34.1 Å². The van der Waals surface area contributed by atoms with Crippen molar-refractivity contribution in [1.29, 1.82) is 0 Å². The van der Waals surface area contributed by atoms with E-state index in [1.807, 2.05) is 6.07 Å². The molecule has 3 heteroatoms. The van der Waals surface area contributed by atoms with Gasteiger partial charge in [-0.05, 0) is 53.9 Å². The zero-order valence-corrected chi connectivity index (χ0v) is 10.4. The molecule has 1 aromatic rings. The molecule has 0 N–H and O–H groups in total. The first-order chi connectivity index (χ1) is 7.18. The lowest BCUT2D eigenvalue weighted by Crippen LogP contribution is -2.26. The third kappa shape index (κ3) is 2.40. The lowest BCUT2D eigenvalue weighted by atomic mass is 10.2. The highest BCUT2D eigenvalue weighted by Gasteiger charge is 2.21. The maximum absolute atomic E-state index is 13.3. The Morgan fingerprint density at radius 3 is 3.00 bits per heavy atom. The van der Waals surface area contributed by atoms with Crippen molar-refractivity contribution in [3.63, 3.8) is 0 Å². The first-order valence-electron chi connectivity index (χ1n) is 5.35. The molecule has 15 heavy (non-hydrogen) atoms. The fourth-order valence-electron chi connectivity index (χ4n) is 2.12. The highest BCUT2D eigenvalue weighted by molar-refractivity contribution is 9.10. The van der Waals surface area contributed by atoms with Crippen LogP contribution in [0.25, 0.3) is 0 Å². The normalized spacial score (nSPS) is 22.2. The molecule has 1 fully saturated rings. The molecular weight excluding hydrogens is 257 g/mol. The van der Waals surface area contributed by atoms with E-state index in [2.05, 4.69) is 27.8 Å². The van der Waals surface area contributed by atoms with Gasteiger partial charge in [0.2, 0.25) is 0 Å². The van der Waals surface area contributed by atoms with E-state index < -0.39 is 0 Å². The molecule has 1 heterocycles. The maximum Gasteiger partial charge on any atom is 0.137 e. The van der Waals surface area contributed by atoms with Crippen LogP contribution in [-0.2, 0) is 6.54 Å². The Morgan fingerprint density at radius 1 is 1.53 bits per heavy atom. The molecule has 0 aliphatic carbocycles. The minimum Gasteiger partial charge on any atom is -0.296 e. The van der Waals surface area contributed by atoms with Crippen LogP contribution in [0, 0.1) is 5.82 Å². The van der Waals surface area contributed by atoms with Crippen molar-refractivity contribution in [1.82, 2.24) is 4.90 Å². The van der Waals surface area contributed by atoms with Crippen LogP contribution < -0.4 is 0 Å². The van der Waals surface area contributed by atoms with Crippen molar-refractivity contribution in [2.75, 3.05) is 6.54 Å². The first kappa shape index (κ1) is 11.1. The summed E-state index contributed by atoms with van der Waals surface area (Å²) in [5, 5.41) is 0. The van der Waals surface area contributed by atoms with E-state index in [4.69, 9.17) is 0 Å². The van der Waals surface area contributed by atoms with Crippen molar-refractivity contribution in [3.8, 4) is 0 Å². The molecule has 1 aliphatic rings. The molecule has 2 rings (SSSR count). The van der Waals surface area contributed by atoms with Crippen LogP contribution in [0.15, 0.2) is 22.7 Å². The number of halogens is 2. The number of nitrogens with zero attached hydrogens (tertiary/aromatic N) is 1. The summed E-state index contributed by atoms with van der Waals surface area (Å²) in [6.45, 7) is 4.21. The standard InChI is InChI=1S/C12H15BrFN/c1-9-4-3-7-15(9)8-10-5-2-6-11(14)12(10)13/h2,5-6,9H,3-4,7-8H2,1H3/t9-/m1/s1. The van der Waals surface area contributed by atoms with Gasteiger partial charge < -0.3 is 0 Å². The molecule has 0 bridgehead atoms. The van der Waals surface area contributed by atoms with Crippen LogP contribution >= 0.6 is 15.9 Å². The second-order valence-electron chi connectivity index (χ2n) is 4.17. The van der Waals surface area contributed by atoms with Crippen molar-refractivity contribution in [2.24, 2.45) is 0 Å². The smallest absolute Gasteiger partial charge is 0.137 e. The van der Waals surface area contributed by atoms with Crippen LogP contribution in [0.2, 0.25) is 0 Å². The molecule has 82 valence electrons. The van der Waals surface area contributed by atoms with E-state index in [1.54, 1.807) is 6.07 Å². The summed E-state index contributed by atoms with van der Waals surface area (Å²) >= 11 is 3.31. The Morgan fingerprint density at radius 2 is 2.33 bits per heavy atom. The largest absolute Gasteiger partial charge is 0.296 e. The van der Waals surface area contributed by atoms with Gasteiger partial charge in [0.05, 0.1) is 4.47 Å². The first-order valence-corrected chi connectivity index (χ1v) is 6.14. The van der Waals surface area contributed by atoms with Crippen molar-refractivity contribution < 1.29 is 4.39 Å². The molecule has 1 aliphatic heterocycles. The fraction of sp³-hybridized carbons (Fsp3) is 0.500. The third-order valence-corrected chi connectivity index (χ3v) is 3.98. The molecule has 0 amide bonds. The number of likely N-dealkylation sites (tertiary alicyclic amines) is 1. The summed E-state index contributed by atoms with van der Waals surface area (Å²) in [6.07, 6.45) is 2.51. The van der Waals surface area contributed by atoms with Crippen molar-refractivity contribution in [2.45, 2.75) is 32.4 Å². The topological polar surface area (TPSA) is 3.24 Å². The number of benzene rings is 1. The van der Waals surface area contributed by atoms with E-state index in [9.17, 15) is 4.39 Å². The summed E-state index contributed by atoms with van der Waals surface area (Å²) in [7, 11) is 0. The van der Waals surface area contributed by atoms with Gasteiger partial charge in [-0.15, -0.1) is 0 Å². The Hall–Kier alpha value is -0.410. The van der Waals surface area contributed by atoms with E-state index in [1.165, 1.54) is 18.9 Å². The lowest BCUT2D eigenvalue weighted by molar-refractivity contribution is 0.259. The highest BCUT2D eigenvalue weighted by Crippen LogP contribution is 2.25. The average Bonchev–Trinajstić information content (AvgIpc) is 2.60. The average molecular weight is 272 g/mol. The Bertz CT molecular complexity index is 353. The number of hydrogen-bond donors (Lipinski definition) is 0. The summed E-state index contributed by atoms with van der Waals surface area (Å²) in [5.41, 5.74) is 1.05. The van der Waals surface area contributed by atoms with Gasteiger partial charge in [-0.1, -0.05) is 12.1 Å². The van der Waals surface area contributed by atoms with Crippen LogP contribution in [0.4, 0.5) is 4.39 Å². The van der Waals surface area contributed by atoms with Crippen LogP contribution in [0.5, 0.6) is 0 Å². The van der Waals surface area contributed by atoms with E-state index in [-0.39, 0.29) is 5.82 Å². The molecule has 0 spiro atoms. The molecule has 0 saturated carbocycles. The Kier molecular flexibility index (Phi) is 3.42. The van der Waals surface area contributed by atoms with Crippen molar-refractivity contribution >= 4 is 15.9 Å². The molecule has 0 radical (unpaired) electrons. The van der Waals surface area contributed by atoms with Gasteiger partial charge in [0.1, 0.15) is 5.82 Å². The third-order valence-electron chi connectivity index (χ3n) is 3.10. The second kappa shape index (κ2) is 4.62. The zero-order valence-electron chi connectivity index (χ0n) is 8.84. The van der Waals surface area contributed by atoms with Crippen LogP contribution in [0.3, 0.4) is 0 Å². The minimum atomic E-state index is -0.167. The monoisotopic (exact) mass is 271 g/mol. The predicted molar refractivity (Wildman–Crippen MR) is 63.2 cm³/mol. The molecule has 1 aromatic carbocycles. The zero-order chi connectivity index (χ0) is 10.8. The molecule has 1 atom stereocenters. The minimum absolute atomic E-state index is 0.167. The molecular formula is C12H15BrFN. The quantitative estimate of drug-likeness (QED) is 0.795. The summed E-state index contributed by atoms with van der Waals surface area (Å²) in [5.74, 6) is -0.167. The Balaban J connectivity index is 2.13. The fourth-order valence-corrected chi connectivity index (χ4v) is 2.51. The summed E-state index contributed by atoms with van der Waals surface area (Å²) < 4.78 is 13.9. The maximum atomic E-state index is 13.3. The van der Waals surface area contributed by atoms with Gasteiger partial charge >= 0.3 is 0 Å². The van der Waals surface area contributed by atoms with Crippen LogP contribution in [-0.4, -0.2) is 17.5 Å². The number of rotatable bonds is 2. The van der Waals surface area contributed by atoms with Gasteiger partial charge in [0.25, 0.3) is 0 Å². The lowest BCUT2D eigenvalue weighted by Gasteiger charge is -2.21. The molecule has 1 nitrogen and oxygen atoms in total. The van der Waals surface area contributed by atoms with E-state index >= 15 is 0 Å². The van der Waals surface area contributed by atoms with Gasteiger partial charge in [-0.25, -0.2) is 4.39 Å².